The van der Waals surface area contributed by atoms with E-state index in [-0.39, 0.29) is 4.75 Å². The molecule has 0 atom stereocenters. The lowest BCUT2D eigenvalue weighted by molar-refractivity contribution is 0.520. The van der Waals surface area contributed by atoms with Crippen molar-refractivity contribution in [2.24, 2.45) is 0 Å². The van der Waals surface area contributed by atoms with Crippen LogP contribution in [0.25, 0.3) is 0 Å². The van der Waals surface area contributed by atoms with Crippen LogP contribution < -0.4 is 0 Å². The van der Waals surface area contributed by atoms with Crippen molar-refractivity contribution in [3.8, 4) is 0 Å². The molecule has 0 bridgehead atoms. The Morgan fingerprint density at radius 1 is 1.12 bits per heavy atom. The lowest BCUT2D eigenvalue weighted by Gasteiger charge is -2.18. The van der Waals surface area contributed by atoms with Crippen molar-refractivity contribution in [2.75, 3.05) is 14.1 Å². The maximum Gasteiger partial charge on any atom is 0.242 e. The molecule has 0 saturated carbocycles. The first kappa shape index (κ1) is 13.5. The molecule has 0 spiro atoms. The van der Waals surface area contributed by atoms with Crippen molar-refractivity contribution in [1.29, 1.82) is 0 Å². The summed E-state index contributed by atoms with van der Waals surface area (Å²) in [5, 5.41) is 0. The summed E-state index contributed by atoms with van der Waals surface area (Å²) in [7, 11) is -0.291. The highest BCUT2D eigenvalue weighted by Crippen LogP contribution is 2.27. The van der Waals surface area contributed by atoms with Gasteiger partial charge in [-0.2, -0.15) is 12.6 Å². The van der Waals surface area contributed by atoms with Crippen LogP contribution in [0.2, 0.25) is 0 Å². The van der Waals surface area contributed by atoms with Crippen LogP contribution in [0.15, 0.2) is 29.2 Å². The summed E-state index contributed by atoms with van der Waals surface area (Å²) in [6.45, 7) is 3.93. The van der Waals surface area contributed by atoms with Gasteiger partial charge < -0.3 is 0 Å². The quantitative estimate of drug-likeness (QED) is 0.844. The summed E-state index contributed by atoms with van der Waals surface area (Å²) in [5.41, 5.74) is 0.994. The Balaban J connectivity index is 3.15. The number of rotatable bonds is 3. The van der Waals surface area contributed by atoms with Gasteiger partial charge in [-0.05, 0) is 31.5 Å². The van der Waals surface area contributed by atoms with Gasteiger partial charge in [0.25, 0.3) is 0 Å². The van der Waals surface area contributed by atoms with E-state index in [4.69, 9.17) is 0 Å². The Kier molecular flexibility index (Phi) is 3.72. The van der Waals surface area contributed by atoms with Gasteiger partial charge in [-0.25, -0.2) is 12.7 Å². The minimum absolute atomic E-state index is 0.263. The fraction of sp³-hybridized carbons (Fsp3) is 0.455. The second kappa shape index (κ2) is 4.39. The molecule has 0 aliphatic heterocycles. The molecule has 90 valence electrons. The zero-order valence-electron chi connectivity index (χ0n) is 9.93. The van der Waals surface area contributed by atoms with Gasteiger partial charge in [0.1, 0.15) is 0 Å². The number of benzene rings is 1. The molecule has 0 aromatic heterocycles. The van der Waals surface area contributed by atoms with Gasteiger partial charge in [0.05, 0.1) is 4.90 Å². The Hall–Kier alpha value is -0.520. The molecule has 16 heavy (non-hydrogen) atoms. The fourth-order valence-electron chi connectivity index (χ4n) is 1.25. The summed E-state index contributed by atoms with van der Waals surface area (Å²) in [6, 6.07) is 6.82. The van der Waals surface area contributed by atoms with E-state index in [2.05, 4.69) is 12.6 Å². The maximum atomic E-state index is 11.8. The largest absolute Gasteiger partial charge is 0.242 e. The van der Waals surface area contributed by atoms with Gasteiger partial charge >= 0.3 is 0 Å². The zero-order chi connectivity index (χ0) is 12.6. The first-order valence-corrected chi connectivity index (χ1v) is 6.80. The normalized spacial score (nSPS) is 13.1. The van der Waals surface area contributed by atoms with Crippen molar-refractivity contribution in [1.82, 2.24) is 4.31 Å². The molecule has 0 radical (unpaired) electrons. The van der Waals surface area contributed by atoms with Crippen LogP contribution in [0.5, 0.6) is 0 Å². The van der Waals surface area contributed by atoms with E-state index in [1.165, 1.54) is 18.4 Å². The Bertz CT molecular complexity index is 456. The predicted molar refractivity (Wildman–Crippen MR) is 69.3 cm³/mol. The standard InChI is InChI=1S/C11H17NO2S2/c1-11(2,15)9-5-7-10(8-6-9)16(13,14)12(3)4/h5-8,15H,1-4H3. The van der Waals surface area contributed by atoms with Gasteiger partial charge in [-0.3, -0.25) is 0 Å². The summed E-state index contributed by atoms with van der Waals surface area (Å²) < 4.78 is 24.5. The molecule has 0 aliphatic carbocycles. The van der Waals surface area contributed by atoms with Crippen LogP contribution in [0.4, 0.5) is 0 Å². The summed E-state index contributed by atoms with van der Waals surface area (Å²) in [4.78, 5) is 0.304. The van der Waals surface area contributed by atoms with Crippen LogP contribution in [0, 0.1) is 0 Å². The van der Waals surface area contributed by atoms with E-state index in [0.29, 0.717) is 4.90 Å². The number of hydrogen-bond donors (Lipinski definition) is 1. The van der Waals surface area contributed by atoms with Crippen molar-refractivity contribution in [3.05, 3.63) is 29.8 Å². The highest BCUT2D eigenvalue weighted by atomic mass is 32.2. The van der Waals surface area contributed by atoms with Gasteiger partial charge in [-0.15, -0.1) is 0 Å². The highest BCUT2D eigenvalue weighted by Gasteiger charge is 2.19. The molecule has 0 unspecified atom stereocenters. The molecule has 0 N–H and O–H groups in total. The van der Waals surface area contributed by atoms with E-state index in [0.717, 1.165) is 5.56 Å². The maximum absolute atomic E-state index is 11.8. The fourth-order valence-corrected chi connectivity index (χ4v) is 2.30. The average molecular weight is 259 g/mol. The monoisotopic (exact) mass is 259 g/mol. The first-order valence-electron chi connectivity index (χ1n) is 4.91. The summed E-state index contributed by atoms with van der Waals surface area (Å²) in [5.74, 6) is 0. The summed E-state index contributed by atoms with van der Waals surface area (Å²) in [6.07, 6.45) is 0. The van der Waals surface area contributed by atoms with E-state index in [1.54, 1.807) is 24.3 Å². The molecule has 0 aliphatic rings. The van der Waals surface area contributed by atoms with Crippen LogP contribution in [-0.4, -0.2) is 26.8 Å². The van der Waals surface area contributed by atoms with Crippen LogP contribution in [0.3, 0.4) is 0 Å². The van der Waals surface area contributed by atoms with Crippen LogP contribution >= 0.6 is 12.6 Å². The average Bonchev–Trinajstić information content (AvgIpc) is 2.16. The molecular formula is C11H17NO2S2. The molecule has 1 aromatic rings. The smallest absolute Gasteiger partial charge is 0.207 e. The number of nitrogens with zero attached hydrogens (tertiary/aromatic N) is 1. The number of hydrogen-bond acceptors (Lipinski definition) is 3. The molecule has 0 heterocycles. The van der Waals surface area contributed by atoms with Crippen molar-refractivity contribution >= 4 is 22.7 Å². The van der Waals surface area contributed by atoms with Crippen molar-refractivity contribution in [2.45, 2.75) is 23.5 Å². The van der Waals surface area contributed by atoms with E-state index < -0.39 is 10.0 Å². The molecule has 3 nitrogen and oxygen atoms in total. The van der Waals surface area contributed by atoms with Gasteiger partial charge in [0.2, 0.25) is 10.0 Å². The second-order valence-corrected chi connectivity index (χ2v) is 7.64. The third kappa shape index (κ3) is 2.78. The molecular weight excluding hydrogens is 242 g/mol. The van der Waals surface area contributed by atoms with Gasteiger partial charge in [0, 0.05) is 18.8 Å². The lowest BCUT2D eigenvalue weighted by atomic mass is 10.0. The third-order valence-corrected chi connectivity index (χ3v) is 4.43. The minimum atomic E-state index is -3.33. The number of sulfonamides is 1. The van der Waals surface area contributed by atoms with Crippen molar-refractivity contribution < 1.29 is 8.42 Å². The van der Waals surface area contributed by atoms with E-state index in [1.807, 2.05) is 13.8 Å². The Morgan fingerprint density at radius 3 is 1.88 bits per heavy atom. The molecule has 1 rings (SSSR count). The molecule has 0 fully saturated rings. The summed E-state index contributed by atoms with van der Waals surface area (Å²) >= 11 is 4.43. The number of thiol groups is 1. The first-order chi connectivity index (χ1) is 7.15. The minimum Gasteiger partial charge on any atom is -0.207 e. The van der Waals surface area contributed by atoms with Crippen LogP contribution in [-0.2, 0) is 14.8 Å². The van der Waals surface area contributed by atoms with Crippen molar-refractivity contribution in [3.63, 3.8) is 0 Å². The highest BCUT2D eigenvalue weighted by molar-refractivity contribution is 7.89. The van der Waals surface area contributed by atoms with Gasteiger partial charge in [-0.1, -0.05) is 12.1 Å². The van der Waals surface area contributed by atoms with Gasteiger partial charge in [0.15, 0.2) is 0 Å². The molecule has 1 aromatic carbocycles. The molecule has 0 saturated heterocycles. The predicted octanol–water partition coefficient (Wildman–Crippen LogP) is 2.10. The Labute approximate surface area is 103 Å². The van der Waals surface area contributed by atoms with E-state index >= 15 is 0 Å². The third-order valence-electron chi connectivity index (χ3n) is 2.34. The SMILES string of the molecule is CN(C)S(=O)(=O)c1ccc(C(C)(C)S)cc1. The lowest BCUT2D eigenvalue weighted by Crippen LogP contribution is -2.22. The Morgan fingerprint density at radius 2 is 1.56 bits per heavy atom. The molecule has 5 heteroatoms. The topological polar surface area (TPSA) is 37.4 Å². The molecule has 0 amide bonds. The van der Waals surface area contributed by atoms with E-state index in [9.17, 15) is 8.42 Å². The second-order valence-electron chi connectivity index (χ2n) is 4.37. The van der Waals surface area contributed by atoms with Crippen LogP contribution in [0.1, 0.15) is 19.4 Å². The zero-order valence-corrected chi connectivity index (χ0v) is 11.6.